The number of benzene rings is 1. The lowest BCUT2D eigenvalue weighted by Crippen LogP contribution is -2.23. The summed E-state index contributed by atoms with van der Waals surface area (Å²) in [7, 11) is 0. The largest absolute Gasteiger partial charge is 0.478 e. The smallest absolute Gasteiger partial charge is 0.328 e. The first-order valence-electron chi connectivity index (χ1n) is 6.99. The topological polar surface area (TPSA) is 66.4 Å². The molecule has 0 saturated carbocycles. The molecule has 1 unspecified atom stereocenters. The summed E-state index contributed by atoms with van der Waals surface area (Å²) in [5.41, 5.74) is 1.50. The molecule has 0 aliphatic carbocycles. The van der Waals surface area contributed by atoms with E-state index >= 15 is 0 Å². The predicted octanol–water partition coefficient (Wildman–Crippen LogP) is 3.80. The molecule has 0 saturated heterocycles. The van der Waals surface area contributed by atoms with E-state index in [-0.39, 0.29) is 17.2 Å². The van der Waals surface area contributed by atoms with Crippen molar-refractivity contribution in [3.05, 3.63) is 35.9 Å². The number of carboxylic acids is 1. The summed E-state index contributed by atoms with van der Waals surface area (Å²) in [6.07, 6.45) is 3.02. The second kappa shape index (κ2) is 7.07. The fourth-order valence-electron chi connectivity index (χ4n) is 1.68. The van der Waals surface area contributed by atoms with Crippen LogP contribution in [0.15, 0.2) is 30.3 Å². The minimum absolute atomic E-state index is 0.0308. The zero-order valence-electron chi connectivity index (χ0n) is 13.0. The van der Waals surface area contributed by atoms with Gasteiger partial charge in [0.2, 0.25) is 5.91 Å². The number of hydrogen-bond acceptors (Lipinski definition) is 2. The van der Waals surface area contributed by atoms with Gasteiger partial charge >= 0.3 is 5.97 Å². The maximum absolute atomic E-state index is 12.0. The number of carboxylic acid groups (broad SMARTS) is 1. The predicted molar refractivity (Wildman–Crippen MR) is 85.0 cm³/mol. The fraction of sp³-hybridized carbons (Fsp3) is 0.412. The summed E-state index contributed by atoms with van der Waals surface area (Å²) >= 11 is 0. The van der Waals surface area contributed by atoms with Crippen LogP contribution in [0, 0.1) is 11.3 Å². The Morgan fingerprint density at radius 3 is 2.57 bits per heavy atom. The molecule has 1 atom stereocenters. The van der Waals surface area contributed by atoms with E-state index in [9.17, 15) is 9.59 Å². The van der Waals surface area contributed by atoms with Gasteiger partial charge in [0, 0.05) is 18.2 Å². The number of anilines is 1. The third-order valence-electron chi connectivity index (χ3n) is 3.56. The van der Waals surface area contributed by atoms with Gasteiger partial charge in [-0.1, -0.05) is 39.8 Å². The van der Waals surface area contributed by atoms with Crippen molar-refractivity contribution in [1.82, 2.24) is 0 Å². The third-order valence-corrected chi connectivity index (χ3v) is 3.56. The van der Waals surface area contributed by atoms with Crippen LogP contribution in [-0.4, -0.2) is 17.0 Å². The van der Waals surface area contributed by atoms with Gasteiger partial charge in [-0.25, -0.2) is 4.79 Å². The molecule has 4 heteroatoms. The van der Waals surface area contributed by atoms with Gasteiger partial charge in [0.15, 0.2) is 0 Å². The summed E-state index contributed by atoms with van der Waals surface area (Å²) in [5, 5.41) is 11.5. The van der Waals surface area contributed by atoms with Gasteiger partial charge in [-0.05, 0) is 35.1 Å². The number of nitrogens with one attached hydrogen (secondary N) is 1. The molecule has 0 heterocycles. The zero-order chi connectivity index (χ0) is 16.0. The Labute approximate surface area is 125 Å². The Hall–Kier alpha value is -2.10. The molecule has 21 heavy (non-hydrogen) atoms. The third kappa shape index (κ3) is 6.25. The van der Waals surface area contributed by atoms with E-state index < -0.39 is 5.97 Å². The number of amides is 1. The first-order valence-corrected chi connectivity index (χ1v) is 6.99. The Kier molecular flexibility index (Phi) is 5.70. The first-order chi connectivity index (χ1) is 9.68. The van der Waals surface area contributed by atoms with Crippen molar-refractivity contribution in [2.75, 3.05) is 5.32 Å². The van der Waals surface area contributed by atoms with Crippen LogP contribution in [0.1, 0.15) is 39.7 Å². The van der Waals surface area contributed by atoms with E-state index in [2.05, 4.69) is 33.0 Å². The Bertz CT molecular complexity index is 541. The standard InChI is InChI=1S/C17H23NO3/c1-12(17(2,3)4)10-15(19)18-14-7-5-6-13(11-14)8-9-16(20)21/h5-9,11-12H,10H2,1-4H3,(H,18,19)(H,20,21)/b9-8+. The van der Waals surface area contributed by atoms with Crippen LogP contribution in [-0.2, 0) is 9.59 Å². The highest BCUT2D eigenvalue weighted by molar-refractivity contribution is 5.91. The molecule has 0 spiro atoms. The van der Waals surface area contributed by atoms with Crippen molar-refractivity contribution >= 4 is 23.6 Å². The Morgan fingerprint density at radius 1 is 1.33 bits per heavy atom. The Morgan fingerprint density at radius 2 is 2.00 bits per heavy atom. The van der Waals surface area contributed by atoms with Crippen LogP contribution in [0.5, 0.6) is 0 Å². The second-order valence-electron chi connectivity index (χ2n) is 6.32. The van der Waals surface area contributed by atoms with Crippen LogP contribution >= 0.6 is 0 Å². The summed E-state index contributed by atoms with van der Waals surface area (Å²) in [6.45, 7) is 8.40. The SMILES string of the molecule is CC(CC(=O)Nc1cccc(/C=C/C(=O)O)c1)C(C)(C)C. The molecular formula is C17H23NO3. The van der Waals surface area contributed by atoms with Gasteiger partial charge in [0.05, 0.1) is 0 Å². The van der Waals surface area contributed by atoms with Crippen molar-refractivity contribution in [1.29, 1.82) is 0 Å². The molecule has 0 aromatic heterocycles. The van der Waals surface area contributed by atoms with Crippen molar-refractivity contribution in [2.45, 2.75) is 34.1 Å². The minimum Gasteiger partial charge on any atom is -0.478 e. The van der Waals surface area contributed by atoms with Crippen LogP contribution in [0.4, 0.5) is 5.69 Å². The monoisotopic (exact) mass is 289 g/mol. The molecule has 0 aliphatic rings. The lowest BCUT2D eigenvalue weighted by molar-refractivity contribution is -0.131. The van der Waals surface area contributed by atoms with E-state index in [4.69, 9.17) is 5.11 Å². The van der Waals surface area contributed by atoms with Gasteiger partial charge in [-0.2, -0.15) is 0 Å². The Balaban J connectivity index is 2.69. The highest BCUT2D eigenvalue weighted by Gasteiger charge is 2.22. The normalized spacial score (nSPS) is 13.1. The molecular weight excluding hydrogens is 266 g/mol. The highest BCUT2D eigenvalue weighted by Crippen LogP contribution is 2.28. The van der Waals surface area contributed by atoms with Crippen LogP contribution in [0.25, 0.3) is 6.08 Å². The van der Waals surface area contributed by atoms with Crippen LogP contribution in [0.3, 0.4) is 0 Å². The van der Waals surface area contributed by atoms with Gasteiger partial charge < -0.3 is 10.4 Å². The maximum atomic E-state index is 12.0. The summed E-state index contributed by atoms with van der Waals surface area (Å²) in [6, 6.07) is 7.11. The molecule has 1 amide bonds. The minimum atomic E-state index is -0.997. The van der Waals surface area contributed by atoms with Gasteiger partial charge in [-0.3, -0.25) is 4.79 Å². The summed E-state index contributed by atoms with van der Waals surface area (Å²) in [5.74, 6) is -0.757. The van der Waals surface area contributed by atoms with Gasteiger partial charge in [0.25, 0.3) is 0 Å². The highest BCUT2D eigenvalue weighted by atomic mass is 16.4. The van der Waals surface area contributed by atoms with Crippen LogP contribution in [0.2, 0.25) is 0 Å². The second-order valence-corrected chi connectivity index (χ2v) is 6.32. The van der Waals surface area contributed by atoms with Crippen molar-refractivity contribution < 1.29 is 14.7 Å². The first kappa shape index (κ1) is 17.0. The summed E-state index contributed by atoms with van der Waals surface area (Å²) < 4.78 is 0. The molecule has 1 rings (SSSR count). The number of carbonyl (C=O) groups excluding carboxylic acids is 1. The van der Waals surface area contributed by atoms with Gasteiger partial charge in [0.1, 0.15) is 0 Å². The van der Waals surface area contributed by atoms with Crippen molar-refractivity contribution in [3.8, 4) is 0 Å². The number of hydrogen-bond donors (Lipinski definition) is 2. The van der Waals surface area contributed by atoms with Crippen LogP contribution < -0.4 is 5.32 Å². The number of carbonyl (C=O) groups is 2. The van der Waals surface area contributed by atoms with Crippen molar-refractivity contribution in [2.24, 2.45) is 11.3 Å². The van der Waals surface area contributed by atoms with E-state index in [0.717, 1.165) is 11.6 Å². The molecule has 0 fully saturated rings. The average molecular weight is 289 g/mol. The lowest BCUT2D eigenvalue weighted by Gasteiger charge is -2.26. The zero-order valence-corrected chi connectivity index (χ0v) is 13.0. The quantitative estimate of drug-likeness (QED) is 0.810. The molecule has 0 aliphatic heterocycles. The molecule has 4 nitrogen and oxygen atoms in total. The lowest BCUT2D eigenvalue weighted by atomic mass is 9.80. The van der Waals surface area contributed by atoms with E-state index in [1.807, 2.05) is 0 Å². The molecule has 2 N–H and O–H groups in total. The molecule has 0 bridgehead atoms. The fourth-order valence-corrected chi connectivity index (χ4v) is 1.68. The maximum Gasteiger partial charge on any atom is 0.328 e. The van der Waals surface area contributed by atoms with E-state index in [1.165, 1.54) is 6.08 Å². The van der Waals surface area contributed by atoms with E-state index in [1.54, 1.807) is 24.3 Å². The molecule has 0 radical (unpaired) electrons. The number of aliphatic carboxylic acids is 1. The van der Waals surface area contributed by atoms with Gasteiger partial charge in [-0.15, -0.1) is 0 Å². The summed E-state index contributed by atoms with van der Waals surface area (Å²) in [4.78, 5) is 22.5. The average Bonchev–Trinajstić information content (AvgIpc) is 2.35. The van der Waals surface area contributed by atoms with Crippen molar-refractivity contribution in [3.63, 3.8) is 0 Å². The molecule has 1 aromatic carbocycles. The molecule has 114 valence electrons. The van der Waals surface area contributed by atoms with E-state index in [0.29, 0.717) is 12.1 Å². The number of rotatable bonds is 5. The molecule has 1 aromatic rings.